The van der Waals surface area contributed by atoms with Crippen molar-refractivity contribution < 1.29 is 24.2 Å². The predicted octanol–water partition coefficient (Wildman–Crippen LogP) is 4.01. The number of ether oxygens (including phenoxy) is 1. The lowest BCUT2D eigenvalue weighted by molar-refractivity contribution is -0.136. The number of aliphatic hydroxyl groups is 1. The third kappa shape index (κ3) is 7.48. The van der Waals surface area contributed by atoms with Crippen molar-refractivity contribution in [2.24, 2.45) is 17.6 Å². The first-order chi connectivity index (χ1) is 24.4. The molecule has 3 amide bonds. The lowest BCUT2D eigenvalue weighted by Gasteiger charge is -2.29. The number of aromatic amines is 2. The minimum Gasteiger partial charge on any atom is -0.453 e. The maximum Gasteiger partial charge on any atom is 0.407 e. The molecule has 6 N–H and O–H groups in total. The molecule has 51 heavy (non-hydrogen) atoms. The summed E-state index contributed by atoms with van der Waals surface area (Å²) in [5, 5.41) is 13.4. The largest absolute Gasteiger partial charge is 0.453 e. The molecule has 2 aromatic heterocycles. The Balaban J connectivity index is 1.14. The molecule has 2 aromatic carbocycles. The van der Waals surface area contributed by atoms with Crippen LogP contribution >= 0.6 is 0 Å². The number of fused-ring (bicyclic) bond motifs is 1. The van der Waals surface area contributed by atoms with Crippen LogP contribution < -0.4 is 11.1 Å². The Morgan fingerprint density at radius 1 is 0.941 bits per heavy atom. The summed E-state index contributed by atoms with van der Waals surface area (Å²) in [7, 11) is 1.28. The van der Waals surface area contributed by atoms with Gasteiger partial charge in [-0.3, -0.25) is 9.59 Å². The van der Waals surface area contributed by atoms with Gasteiger partial charge in [0.25, 0.3) is 0 Å². The Kier molecular flexibility index (Phi) is 10.5. The van der Waals surface area contributed by atoms with Crippen LogP contribution in [0.1, 0.15) is 81.8 Å². The number of carbonyl (C=O) groups is 3. The number of nitrogens with zero attached hydrogens (tertiary/aromatic N) is 4. The maximum atomic E-state index is 13.5. The van der Waals surface area contributed by atoms with E-state index in [-0.39, 0.29) is 29.7 Å². The fraction of sp³-hybridized carbons (Fsp3) is 0.447. The zero-order valence-electron chi connectivity index (χ0n) is 29.6. The molecular weight excluding hydrogens is 648 g/mol. The minimum atomic E-state index is -0.724. The zero-order chi connectivity index (χ0) is 36.4. The first-order valence-electron chi connectivity index (χ1n) is 17.5. The number of likely N-dealkylation sites (tertiary alicyclic amines) is 2. The third-order valence-electron chi connectivity index (χ3n) is 9.82. The number of alkyl carbamates (subject to hydrolysis) is 1. The summed E-state index contributed by atoms with van der Waals surface area (Å²) < 4.78 is 4.74. The van der Waals surface area contributed by atoms with Crippen molar-refractivity contribution in [1.29, 1.82) is 0 Å². The molecule has 5 atom stereocenters. The first-order valence-corrected chi connectivity index (χ1v) is 17.5. The van der Waals surface area contributed by atoms with Gasteiger partial charge < -0.3 is 40.7 Å². The molecule has 13 heteroatoms. The van der Waals surface area contributed by atoms with Crippen molar-refractivity contribution in [3.8, 4) is 23.1 Å². The van der Waals surface area contributed by atoms with Gasteiger partial charge in [0.05, 0.1) is 48.2 Å². The van der Waals surface area contributed by atoms with Gasteiger partial charge in [-0.1, -0.05) is 51.7 Å². The van der Waals surface area contributed by atoms with Crippen molar-refractivity contribution in [1.82, 2.24) is 35.1 Å². The van der Waals surface area contributed by atoms with Gasteiger partial charge in [-0.05, 0) is 67.0 Å². The number of benzene rings is 2. The SMILES string of the molecule is COC(=O)N[C@H](C(=O)N1CCC[C@H]1c1nc2ccc(C#Cc3ccc(-c4cnc([C@@H]5[C@@H](O)CCN5C(=O)[C@@H](N)C(C)C)[nH]4)cc3)cc2[nH]1)C(C)C. The second kappa shape index (κ2) is 15.0. The molecule has 0 bridgehead atoms. The van der Waals surface area contributed by atoms with Crippen LogP contribution in [0.2, 0.25) is 0 Å². The van der Waals surface area contributed by atoms with E-state index in [9.17, 15) is 19.5 Å². The molecule has 2 saturated heterocycles. The van der Waals surface area contributed by atoms with E-state index in [1.807, 2.05) is 70.2 Å². The van der Waals surface area contributed by atoms with Gasteiger partial charge in [-0.25, -0.2) is 14.8 Å². The van der Waals surface area contributed by atoms with Crippen LogP contribution in [0, 0.1) is 23.7 Å². The zero-order valence-corrected chi connectivity index (χ0v) is 29.6. The Morgan fingerprint density at radius 2 is 1.67 bits per heavy atom. The highest BCUT2D eigenvalue weighted by atomic mass is 16.5. The number of amides is 3. The van der Waals surface area contributed by atoms with E-state index in [2.05, 4.69) is 32.1 Å². The van der Waals surface area contributed by atoms with E-state index < -0.39 is 30.3 Å². The monoisotopic (exact) mass is 694 g/mol. The Bertz CT molecular complexity index is 1960. The molecule has 2 aliphatic rings. The summed E-state index contributed by atoms with van der Waals surface area (Å²) >= 11 is 0. The summed E-state index contributed by atoms with van der Waals surface area (Å²) in [4.78, 5) is 57.9. The Hall–Kier alpha value is -5.19. The topological polar surface area (TPSA) is 183 Å². The lowest BCUT2D eigenvalue weighted by Crippen LogP contribution is -2.51. The van der Waals surface area contributed by atoms with Gasteiger partial charge in [0, 0.05) is 24.2 Å². The van der Waals surface area contributed by atoms with Gasteiger partial charge in [-0.15, -0.1) is 0 Å². The highest BCUT2D eigenvalue weighted by Gasteiger charge is 2.41. The second-order valence-electron chi connectivity index (χ2n) is 14.0. The predicted molar refractivity (Wildman–Crippen MR) is 192 cm³/mol. The Labute approximate surface area is 297 Å². The number of aliphatic hydroxyl groups excluding tert-OH is 1. The highest BCUT2D eigenvalue weighted by molar-refractivity contribution is 5.87. The number of rotatable bonds is 8. The summed E-state index contributed by atoms with van der Waals surface area (Å²) in [6, 6.07) is 11.4. The number of aromatic nitrogens is 4. The number of H-pyrrole nitrogens is 2. The van der Waals surface area contributed by atoms with Gasteiger partial charge in [0.2, 0.25) is 11.8 Å². The average molecular weight is 695 g/mol. The van der Waals surface area contributed by atoms with Crippen LogP contribution in [0.5, 0.6) is 0 Å². The first kappa shape index (κ1) is 35.6. The van der Waals surface area contributed by atoms with Crippen LogP contribution in [-0.4, -0.2) is 91.1 Å². The molecule has 0 spiro atoms. The summed E-state index contributed by atoms with van der Waals surface area (Å²) in [5.74, 6) is 7.25. The molecule has 2 fully saturated rings. The number of carbonyl (C=O) groups excluding carboxylic acids is 3. The minimum absolute atomic E-state index is 0.0135. The van der Waals surface area contributed by atoms with E-state index >= 15 is 0 Å². The number of hydrogen-bond acceptors (Lipinski definition) is 8. The van der Waals surface area contributed by atoms with Crippen molar-refractivity contribution in [3.63, 3.8) is 0 Å². The third-order valence-corrected chi connectivity index (χ3v) is 9.82. The molecular formula is C38H46N8O5. The van der Waals surface area contributed by atoms with E-state index in [1.165, 1.54) is 7.11 Å². The van der Waals surface area contributed by atoms with Gasteiger partial charge in [-0.2, -0.15) is 0 Å². The molecule has 6 rings (SSSR count). The number of hydrogen-bond donors (Lipinski definition) is 5. The number of imidazole rings is 2. The average Bonchev–Trinajstić information content (AvgIpc) is 3.94. The second-order valence-corrected chi connectivity index (χ2v) is 14.0. The van der Waals surface area contributed by atoms with E-state index in [4.69, 9.17) is 15.5 Å². The summed E-state index contributed by atoms with van der Waals surface area (Å²) in [6.45, 7) is 8.62. The quantitative estimate of drug-likeness (QED) is 0.172. The summed E-state index contributed by atoms with van der Waals surface area (Å²) in [5.41, 5.74) is 11.1. The van der Waals surface area contributed by atoms with Gasteiger partial charge in [0.15, 0.2) is 0 Å². The van der Waals surface area contributed by atoms with Crippen LogP contribution in [0.15, 0.2) is 48.7 Å². The molecule has 0 radical (unpaired) electrons. The molecule has 268 valence electrons. The van der Waals surface area contributed by atoms with E-state index in [0.29, 0.717) is 31.2 Å². The van der Waals surface area contributed by atoms with Crippen LogP contribution in [0.4, 0.5) is 4.79 Å². The van der Waals surface area contributed by atoms with Gasteiger partial charge in [0.1, 0.15) is 23.7 Å². The van der Waals surface area contributed by atoms with Crippen LogP contribution in [0.3, 0.4) is 0 Å². The van der Waals surface area contributed by atoms with E-state index in [1.54, 1.807) is 16.0 Å². The fourth-order valence-electron chi connectivity index (χ4n) is 6.80. The molecule has 2 aliphatic heterocycles. The van der Waals surface area contributed by atoms with E-state index in [0.717, 1.165) is 46.3 Å². The molecule has 0 aliphatic carbocycles. The smallest absolute Gasteiger partial charge is 0.407 e. The molecule has 13 nitrogen and oxygen atoms in total. The standard InChI is InChI=1S/C38H46N8O5/c1-21(2)31(39)36(48)46-18-16-30(47)33(46)35-40-20-28(43-35)25-13-10-23(11-14-25)8-9-24-12-15-26-27(19-24)42-34(41-26)29-7-6-17-45(29)37(49)32(22(3)4)44-38(50)51-5/h10-15,19-22,29-33,47H,6-7,16-18,39H2,1-5H3,(H,40,43)(H,41,42)(H,44,50)/t29-,30-,31-,32-,33-/m0/s1. The van der Waals surface area contributed by atoms with Crippen molar-refractivity contribution in [2.75, 3.05) is 20.2 Å². The number of nitrogens with one attached hydrogen (secondary N) is 3. The van der Waals surface area contributed by atoms with Crippen LogP contribution in [0.25, 0.3) is 22.3 Å². The Morgan fingerprint density at radius 3 is 2.37 bits per heavy atom. The van der Waals surface area contributed by atoms with Crippen molar-refractivity contribution in [2.45, 2.75) is 77.2 Å². The van der Waals surface area contributed by atoms with Crippen LogP contribution in [-0.2, 0) is 14.3 Å². The number of methoxy groups -OCH3 is 1. The van der Waals surface area contributed by atoms with Gasteiger partial charge >= 0.3 is 6.09 Å². The molecule has 0 saturated carbocycles. The highest BCUT2D eigenvalue weighted by Crippen LogP contribution is 2.34. The van der Waals surface area contributed by atoms with Crippen molar-refractivity contribution in [3.05, 3.63) is 71.4 Å². The summed E-state index contributed by atoms with van der Waals surface area (Å²) in [6.07, 6.45) is 2.43. The normalized spacial score (nSPS) is 20.1. The van der Waals surface area contributed by atoms with Crippen molar-refractivity contribution >= 4 is 28.9 Å². The molecule has 4 aromatic rings. The molecule has 0 unspecified atom stereocenters. The number of nitrogens with two attached hydrogens (primary N) is 1. The lowest BCUT2D eigenvalue weighted by atomic mass is 10.0. The molecule has 4 heterocycles. The fourth-order valence-corrected chi connectivity index (χ4v) is 6.80. The maximum absolute atomic E-state index is 13.5.